The van der Waals surface area contributed by atoms with Crippen molar-refractivity contribution < 1.29 is 0 Å². The Morgan fingerprint density at radius 1 is 1.23 bits per heavy atom. The molecule has 2 aromatic heterocycles. The molecule has 6 nitrogen and oxygen atoms in total. The van der Waals surface area contributed by atoms with E-state index in [0.29, 0.717) is 6.54 Å². The van der Waals surface area contributed by atoms with Gasteiger partial charge in [-0.15, -0.1) is 11.3 Å². The van der Waals surface area contributed by atoms with Crippen molar-refractivity contribution in [1.29, 1.82) is 0 Å². The maximum absolute atomic E-state index is 4.75. The lowest BCUT2D eigenvalue weighted by molar-refractivity contribution is 0.371. The van der Waals surface area contributed by atoms with E-state index in [1.165, 1.54) is 0 Å². The highest BCUT2D eigenvalue weighted by Crippen LogP contribution is 2.23. The number of anilines is 1. The number of thiazole rings is 1. The van der Waals surface area contributed by atoms with E-state index in [4.69, 9.17) is 4.98 Å². The largest absolute Gasteiger partial charge is 0.353 e. The molecule has 0 radical (unpaired) electrons. The molecule has 0 atom stereocenters. The first-order valence-electron chi connectivity index (χ1n) is 9.04. The molecule has 140 valence electrons. The van der Waals surface area contributed by atoms with Crippen LogP contribution in [0.25, 0.3) is 0 Å². The van der Waals surface area contributed by atoms with E-state index in [0.717, 1.165) is 48.7 Å². The van der Waals surface area contributed by atoms with Crippen molar-refractivity contribution in [2.75, 3.05) is 38.1 Å². The monoisotopic (exact) mass is 372 g/mol. The summed E-state index contributed by atoms with van der Waals surface area (Å²) < 4.78 is 0. The van der Waals surface area contributed by atoms with Crippen LogP contribution in [0.15, 0.2) is 34.8 Å². The molecule has 0 aliphatic carbocycles. The summed E-state index contributed by atoms with van der Waals surface area (Å²) in [4.78, 5) is 18.3. The maximum atomic E-state index is 4.75. The second kappa shape index (κ2) is 8.03. The first kappa shape index (κ1) is 18.6. The van der Waals surface area contributed by atoms with Crippen LogP contribution < -0.4 is 10.2 Å². The molecule has 1 aliphatic heterocycles. The molecule has 0 saturated carbocycles. The number of aliphatic imine (C=N–C) groups is 1. The standard InChI is InChI=1S/C19H28N6S/c1-19(2,3)15-14-26-17(23-15)13-22-18(20-4)25-11-9-24(10-12-25)16-7-5-6-8-21-16/h5-8,14H,9-13H2,1-4H3,(H,20,22). The van der Waals surface area contributed by atoms with Gasteiger partial charge >= 0.3 is 0 Å². The van der Waals surface area contributed by atoms with Gasteiger partial charge in [-0.05, 0) is 12.1 Å². The Balaban J connectivity index is 1.53. The van der Waals surface area contributed by atoms with E-state index in [-0.39, 0.29) is 5.41 Å². The number of nitrogens with zero attached hydrogens (tertiary/aromatic N) is 5. The fourth-order valence-corrected chi connectivity index (χ4v) is 3.87. The van der Waals surface area contributed by atoms with Gasteiger partial charge in [0.25, 0.3) is 0 Å². The van der Waals surface area contributed by atoms with Crippen LogP contribution in [0.5, 0.6) is 0 Å². The summed E-state index contributed by atoms with van der Waals surface area (Å²) >= 11 is 1.71. The molecular formula is C19H28N6S. The molecule has 1 saturated heterocycles. The lowest BCUT2D eigenvalue weighted by atomic mass is 9.93. The summed E-state index contributed by atoms with van der Waals surface area (Å²) in [6.07, 6.45) is 1.85. The molecule has 0 amide bonds. The van der Waals surface area contributed by atoms with Crippen LogP contribution in [0, 0.1) is 0 Å². The molecule has 0 aromatic carbocycles. The van der Waals surface area contributed by atoms with Crippen LogP contribution in [0.1, 0.15) is 31.5 Å². The SMILES string of the molecule is CN=C(NCc1nc(C(C)(C)C)cs1)N1CCN(c2ccccn2)CC1. The molecule has 26 heavy (non-hydrogen) atoms. The molecule has 3 heterocycles. The van der Waals surface area contributed by atoms with Crippen molar-refractivity contribution in [2.24, 2.45) is 4.99 Å². The number of hydrogen-bond acceptors (Lipinski definition) is 5. The topological polar surface area (TPSA) is 56.7 Å². The predicted octanol–water partition coefficient (Wildman–Crippen LogP) is 2.73. The van der Waals surface area contributed by atoms with Crippen molar-refractivity contribution in [3.05, 3.63) is 40.5 Å². The minimum atomic E-state index is 0.0955. The number of aromatic nitrogens is 2. The lowest BCUT2D eigenvalue weighted by Gasteiger charge is -2.37. The Hall–Kier alpha value is -2.15. The minimum Gasteiger partial charge on any atom is -0.353 e. The third-order valence-corrected chi connectivity index (χ3v) is 5.33. The first-order valence-corrected chi connectivity index (χ1v) is 9.92. The van der Waals surface area contributed by atoms with Gasteiger partial charge in [0.05, 0.1) is 12.2 Å². The second-order valence-corrected chi connectivity index (χ2v) is 8.38. The first-order chi connectivity index (χ1) is 12.5. The Morgan fingerprint density at radius 3 is 2.58 bits per heavy atom. The Bertz CT molecular complexity index is 726. The number of rotatable bonds is 3. The van der Waals surface area contributed by atoms with Gasteiger partial charge in [0, 0.05) is 50.2 Å². The van der Waals surface area contributed by atoms with Crippen LogP contribution in [-0.2, 0) is 12.0 Å². The molecule has 0 spiro atoms. The van der Waals surface area contributed by atoms with Crippen molar-refractivity contribution in [3.63, 3.8) is 0 Å². The van der Waals surface area contributed by atoms with Gasteiger partial charge in [-0.3, -0.25) is 4.99 Å². The van der Waals surface area contributed by atoms with E-state index in [9.17, 15) is 0 Å². The molecule has 1 N–H and O–H groups in total. The number of nitrogens with one attached hydrogen (secondary N) is 1. The molecule has 0 bridgehead atoms. The highest BCUT2D eigenvalue weighted by Gasteiger charge is 2.21. The van der Waals surface area contributed by atoms with E-state index in [1.54, 1.807) is 11.3 Å². The zero-order chi connectivity index (χ0) is 18.6. The fraction of sp³-hybridized carbons (Fsp3) is 0.526. The van der Waals surface area contributed by atoms with Gasteiger partial charge in [-0.1, -0.05) is 26.8 Å². The van der Waals surface area contributed by atoms with Crippen LogP contribution in [-0.4, -0.2) is 54.1 Å². The molecule has 7 heteroatoms. The lowest BCUT2D eigenvalue weighted by Crippen LogP contribution is -2.52. The average Bonchev–Trinajstić information content (AvgIpc) is 3.13. The third kappa shape index (κ3) is 4.52. The Morgan fingerprint density at radius 2 is 2.00 bits per heavy atom. The summed E-state index contributed by atoms with van der Waals surface area (Å²) in [5, 5.41) is 6.72. The van der Waals surface area contributed by atoms with E-state index in [2.05, 4.69) is 57.3 Å². The second-order valence-electron chi connectivity index (χ2n) is 7.44. The third-order valence-electron chi connectivity index (χ3n) is 4.48. The van der Waals surface area contributed by atoms with Crippen molar-refractivity contribution in [2.45, 2.75) is 32.7 Å². The van der Waals surface area contributed by atoms with Gasteiger partial charge in [0.1, 0.15) is 10.8 Å². The summed E-state index contributed by atoms with van der Waals surface area (Å²) in [5.74, 6) is 1.99. The zero-order valence-electron chi connectivity index (χ0n) is 16.1. The van der Waals surface area contributed by atoms with Gasteiger partial charge < -0.3 is 15.1 Å². The van der Waals surface area contributed by atoms with Crippen molar-refractivity contribution in [3.8, 4) is 0 Å². The molecular weight excluding hydrogens is 344 g/mol. The van der Waals surface area contributed by atoms with Crippen LogP contribution >= 0.6 is 11.3 Å². The number of hydrogen-bond donors (Lipinski definition) is 1. The highest BCUT2D eigenvalue weighted by molar-refractivity contribution is 7.09. The Kier molecular flexibility index (Phi) is 5.76. The van der Waals surface area contributed by atoms with E-state index >= 15 is 0 Å². The molecule has 0 unspecified atom stereocenters. The minimum absolute atomic E-state index is 0.0955. The Labute approximate surface area is 160 Å². The van der Waals surface area contributed by atoms with Crippen molar-refractivity contribution >= 4 is 23.1 Å². The van der Waals surface area contributed by atoms with E-state index < -0.39 is 0 Å². The van der Waals surface area contributed by atoms with Crippen LogP contribution in [0.2, 0.25) is 0 Å². The van der Waals surface area contributed by atoms with Gasteiger partial charge in [-0.2, -0.15) is 0 Å². The molecule has 2 aromatic rings. The summed E-state index contributed by atoms with van der Waals surface area (Å²) in [6, 6.07) is 6.06. The predicted molar refractivity (Wildman–Crippen MR) is 109 cm³/mol. The van der Waals surface area contributed by atoms with Crippen LogP contribution in [0.4, 0.5) is 5.82 Å². The molecule has 3 rings (SSSR count). The van der Waals surface area contributed by atoms with Crippen molar-refractivity contribution in [1.82, 2.24) is 20.2 Å². The van der Waals surface area contributed by atoms with Gasteiger partial charge in [-0.25, -0.2) is 9.97 Å². The number of piperazine rings is 1. The van der Waals surface area contributed by atoms with Gasteiger partial charge in [0.2, 0.25) is 0 Å². The zero-order valence-corrected chi connectivity index (χ0v) is 16.9. The maximum Gasteiger partial charge on any atom is 0.194 e. The molecule has 1 aliphatic rings. The fourth-order valence-electron chi connectivity index (χ4n) is 2.91. The highest BCUT2D eigenvalue weighted by atomic mass is 32.1. The normalized spacial score (nSPS) is 16.1. The number of pyridine rings is 1. The average molecular weight is 373 g/mol. The summed E-state index contributed by atoms with van der Waals surface area (Å²) in [5.41, 5.74) is 1.25. The number of guanidine groups is 1. The summed E-state index contributed by atoms with van der Waals surface area (Å²) in [6.45, 7) is 11.1. The quantitative estimate of drug-likeness (QED) is 0.663. The molecule has 1 fully saturated rings. The van der Waals surface area contributed by atoms with E-state index in [1.807, 2.05) is 25.4 Å². The van der Waals surface area contributed by atoms with Crippen LogP contribution in [0.3, 0.4) is 0 Å². The van der Waals surface area contributed by atoms with Gasteiger partial charge in [0.15, 0.2) is 5.96 Å². The summed E-state index contributed by atoms with van der Waals surface area (Å²) in [7, 11) is 1.84. The smallest absolute Gasteiger partial charge is 0.194 e.